The van der Waals surface area contributed by atoms with Gasteiger partial charge in [0.2, 0.25) is 0 Å². The lowest BCUT2D eigenvalue weighted by molar-refractivity contribution is -0.160. The van der Waals surface area contributed by atoms with Gasteiger partial charge in [-0.05, 0) is 63.8 Å². The number of rotatable bonds is 11. The molecule has 0 atom stereocenters. The minimum Gasteiger partial charge on any atom is -0.493 e. The molecule has 39 heavy (non-hydrogen) atoms. The fourth-order valence-corrected chi connectivity index (χ4v) is 4.53. The average molecular weight is 538 g/mol. The number of pyridine rings is 1. The van der Waals surface area contributed by atoms with Crippen LogP contribution in [0, 0.1) is 17.2 Å². The summed E-state index contributed by atoms with van der Waals surface area (Å²) in [5.41, 5.74) is 1.60. The van der Waals surface area contributed by atoms with Crippen LogP contribution in [0.25, 0.3) is 0 Å². The Balaban J connectivity index is 1.80. The normalized spacial score (nSPS) is 14.0. The molecule has 210 valence electrons. The molecule has 1 saturated heterocycles. The van der Waals surface area contributed by atoms with Crippen LogP contribution in [0.3, 0.4) is 0 Å². The maximum Gasteiger partial charge on any atom is 0.309 e. The number of Topliss-reactive ketones (excluding diaryl/α,β-unsaturated/α-hetero) is 1. The van der Waals surface area contributed by atoms with Gasteiger partial charge in [-0.3, -0.25) is 9.59 Å². The maximum atomic E-state index is 12.9. The van der Waals surface area contributed by atoms with E-state index < -0.39 is 5.60 Å². The van der Waals surface area contributed by atoms with Gasteiger partial charge in [-0.1, -0.05) is 13.0 Å². The van der Waals surface area contributed by atoms with E-state index in [0.29, 0.717) is 72.9 Å². The van der Waals surface area contributed by atoms with Crippen LogP contribution in [-0.4, -0.2) is 49.6 Å². The van der Waals surface area contributed by atoms with E-state index in [2.05, 4.69) is 6.07 Å². The first kappa shape index (κ1) is 29.9. The quantitative estimate of drug-likeness (QED) is 0.281. The maximum absolute atomic E-state index is 12.9. The highest BCUT2D eigenvalue weighted by Crippen LogP contribution is 2.30. The molecule has 1 aliphatic rings. The predicted octanol–water partition coefficient (Wildman–Crippen LogP) is 5.23. The number of aromatic nitrogens is 1. The second-order valence-electron chi connectivity index (χ2n) is 10.6. The molecule has 0 spiro atoms. The molecule has 0 N–H and O–H groups in total. The number of benzene rings is 1. The van der Waals surface area contributed by atoms with E-state index in [4.69, 9.17) is 23.9 Å². The van der Waals surface area contributed by atoms with Crippen molar-refractivity contribution < 1.29 is 28.5 Å². The number of carbonyl (C=O) groups is 2. The summed E-state index contributed by atoms with van der Waals surface area (Å²) in [7, 11) is 3.16. The van der Waals surface area contributed by atoms with Gasteiger partial charge in [-0.15, -0.1) is 0 Å². The zero-order valence-electron chi connectivity index (χ0n) is 23.8. The molecule has 1 fully saturated rings. The molecule has 2 heterocycles. The Kier molecular flexibility index (Phi) is 10.3. The van der Waals surface area contributed by atoms with Crippen LogP contribution in [0.1, 0.15) is 80.6 Å². The Bertz CT molecular complexity index is 1210. The Morgan fingerprint density at radius 1 is 1.08 bits per heavy atom. The van der Waals surface area contributed by atoms with Crippen molar-refractivity contribution >= 4 is 17.6 Å². The van der Waals surface area contributed by atoms with E-state index in [1.165, 1.54) is 0 Å². The molecule has 1 aromatic heterocycles. The number of hydrogen-bond acceptors (Lipinski definition) is 9. The molecule has 0 aliphatic carbocycles. The van der Waals surface area contributed by atoms with E-state index in [1.54, 1.807) is 20.3 Å². The Morgan fingerprint density at radius 3 is 2.36 bits per heavy atom. The third-order valence-electron chi connectivity index (χ3n) is 6.47. The summed E-state index contributed by atoms with van der Waals surface area (Å²) >= 11 is 0. The molecule has 2 aromatic rings. The zero-order valence-corrected chi connectivity index (χ0v) is 23.8. The smallest absolute Gasteiger partial charge is 0.309 e. The van der Waals surface area contributed by atoms with Gasteiger partial charge in [0.15, 0.2) is 17.3 Å². The van der Waals surface area contributed by atoms with Crippen molar-refractivity contribution in [1.82, 2.24) is 4.98 Å². The number of ketones is 1. The third-order valence-corrected chi connectivity index (χ3v) is 6.47. The van der Waals surface area contributed by atoms with Crippen molar-refractivity contribution in [3.05, 3.63) is 46.6 Å². The Hall–Kier alpha value is -3.64. The van der Waals surface area contributed by atoms with E-state index in [-0.39, 0.29) is 30.9 Å². The number of nitrogens with zero attached hydrogens (tertiary/aromatic N) is 3. The van der Waals surface area contributed by atoms with Gasteiger partial charge in [0.25, 0.3) is 0 Å². The molecule has 9 heteroatoms. The van der Waals surface area contributed by atoms with Crippen molar-refractivity contribution in [1.29, 1.82) is 5.26 Å². The second kappa shape index (κ2) is 13.4. The molecule has 0 radical (unpaired) electrons. The fraction of sp³-hybridized carbons (Fsp3) is 0.533. The van der Waals surface area contributed by atoms with Crippen LogP contribution in [-0.2, 0) is 27.5 Å². The Labute approximate surface area is 231 Å². The van der Waals surface area contributed by atoms with Crippen molar-refractivity contribution in [2.24, 2.45) is 5.92 Å². The minimum absolute atomic E-state index is 0.0681. The van der Waals surface area contributed by atoms with Crippen molar-refractivity contribution in [2.45, 2.75) is 72.2 Å². The number of carbonyl (C=O) groups excluding carboxylic acids is 2. The fourth-order valence-electron chi connectivity index (χ4n) is 4.53. The number of hydrogen-bond donors (Lipinski definition) is 0. The molecule has 0 unspecified atom stereocenters. The van der Waals surface area contributed by atoms with Gasteiger partial charge in [0, 0.05) is 25.1 Å². The van der Waals surface area contributed by atoms with Crippen LogP contribution in [0.2, 0.25) is 0 Å². The third kappa shape index (κ3) is 7.93. The number of methoxy groups -OCH3 is 2. The molecular weight excluding hydrogens is 498 g/mol. The lowest BCUT2D eigenvalue weighted by Gasteiger charge is -2.33. The molecule has 0 bridgehead atoms. The highest BCUT2D eigenvalue weighted by Gasteiger charge is 2.31. The zero-order chi connectivity index (χ0) is 28.6. The first-order valence-corrected chi connectivity index (χ1v) is 13.3. The number of nitriles is 1. The molecule has 1 aliphatic heterocycles. The summed E-state index contributed by atoms with van der Waals surface area (Å²) in [6, 6.07) is 9.39. The molecule has 1 aromatic carbocycles. The van der Waals surface area contributed by atoms with E-state index in [0.717, 1.165) is 5.56 Å². The highest BCUT2D eigenvalue weighted by atomic mass is 16.6. The van der Waals surface area contributed by atoms with Gasteiger partial charge in [-0.2, -0.15) is 5.26 Å². The Morgan fingerprint density at radius 2 is 1.77 bits per heavy atom. The van der Waals surface area contributed by atoms with E-state index in [1.807, 2.05) is 50.8 Å². The number of esters is 1. The highest BCUT2D eigenvalue weighted by molar-refractivity contribution is 5.97. The van der Waals surface area contributed by atoms with Gasteiger partial charge in [0.05, 0.1) is 44.6 Å². The van der Waals surface area contributed by atoms with Gasteiger partial charge < -0.3 is 23.8 Å². The second-order valence-corrected chi connectivity index (χ2v) is 10.6. The van der Waals surface area contributed by atoms with Crippen LogP contribution in [0.15, 0.2) is 24.3 Å². The summed E-state index contributed by atoms with van der Waals surface area (Å²) in [6.45, 7) is 9.01. The van der Waals surface area contributed by atoms with Gasteiger partial charge >= 0.3 is 5.97 Å². The lowest BCUT2D eigenvalue weighted by Crippen LogP contribution is -2.39. The summed E-state index contributed by atoms with van der Waals surface area (Å²) in [4.78, 5) is 32.3. The minimum atomic E-state index is -0.531. The lowest BCUT2D eigenvalue weighted by atomic mass is 9.96. The predicted molar refractivity (Wildman–Crippen MR) is 147 cm³/mol. The van der Waals surface area contributed by atoms with Gasteiger partial charge in [-0.25, -0.2) is 4.98 Å². The van der Waals surface area contributed by atoms with Crippen LogP contribution < -0.4 is 14.4 Å². The number of ether oxygens (including phenoxy) is 4. The van der Waals surface area contributed by atoms with Crippen LogP contribution >= 0.6 is 0 Å². The first-order chi connectivity index (χ1) is 18.6. The topological polar surface area (TPSA) is 111 Å². The average Bonchev–Trinajstić information content (AvgIpc) is 2.91. The van der Waals surface area contributed by atoms with Crippen LogP contribution in [0.4, 0.5) is 5.82 Å². The summed E-state index contributed by atoms with van der Waals surface area (Å²) in [5.74, 6) is 1.29. The summed E-state index contributed by atoms with van der Waals surface area (Å²) < 4.78 is 22.2. The molecule has 9 nitrogen and oxygen atoms in total. The molecule has 0 saturated carbocycles. The van der Waals surface area contributed by atoms with E-state index >= 15 is 0 Å². The van der Waals surface area contributed by atoms with Crippen LogP contribution in [0.5, 0.6) is 11.5 Å². The molecular formula is C30H39N3O6. The van der Waals surface area contributed by atoms with Crippen molar-refractivity contribution in [3.8, 4) is 17.6 Å². The number of anilines is 1. The molecule has 0 amide bonds. The largest absolute Gasteiger partial charge is 0.493 e. The molecule has 3 rings (SSSR count). The monoisotopic (exact) mass is 537 g/mol. The van der Waals surface area contributed by atoms with Crippen molar-refractivity contribution in [2.75, 3.05) is 32.2 Å². The first-order valence-electron chi connectivity index (χ1n) is 13.3. The van der Waals surface area contributed by atoms with Crippen molar-refractivity contribution in [3.63, 3.8) is 0 Å². The van der Waals surface area contributed by atoms with Gasteiger partial charge in [0.1, 0.15) is 17.5 Å². The SMILES string of the molecule is CCCC(=O)c1cc(C#N)c(N2CCC(C(=O)OC(C)(C)C)CC2)nc1COCc1ccc(OC)c(OC)c1. The number of piperidine rings is 1. The summed E-state index contributed by atoms with van der Waals surface area (Å²) in [6.07, 6.45) is 2.24. The standard InChI is InChI=1S/C30H39N3O6/c1-7-8-25(34)23-16-22(17-31)28(33-13-11-21(12-14-33)29(35)39-30(2,3)4)32-24(23)19-38-18-20-9-10-26(36-5)27(15-20)37-6/h9-10,15-16,21H,7-8,11-14,18-19H2,1-6H3. The summed E-state index contributed by atoms with van der Waals surface area (Å²) in [5, 5.41) is 9.91. The van der Waals surface area contributed by atoms with E-state index in [9.17, 15) is 14.9 Å².